The van der Waals surface area contributed by atoms with Gasteiger partial charge in [0.15, 0.2) is 5.11 Å². The summed E-state index contributed by atoms with van der Waals surface area (Å²) in [7, 11) is 4.06. The minimum Gasteiger partial charge on any atom is -0.347 e. The van der Waals surface area contributed by atoms with E-state index >= 15 is 0 Å². The lowest BCUT2D eigenvalue weighted by atomic mass is 10.2. The van der Waals surface area contributed by atoms with Gasteiger partial charge >= 0.3 is 0 Å². The number of benzene rings is 1. The van der Waals surface area contributed by atoms with Crippen molar-refractivity contribution in [1.82, 2.24) is 9.80 Å². The molecule has 0 bridgehead atoms. The molecule has 0 unspecified atom stereocenters. The SMILES string of the molecule is CC(C)CN(CCN(C)C)C(=S)Nc1ccccc1F. The van der Waals surface area contributed by atoms with Crippen LogP contribution in [-0.2, 0) is 0 Å². The number of nitrogens with one attached hydrogen (secondary N) is 1. The molecule has 112 valence electrons. The molecule has 0 amide bonds. The summed E-state index contributed by atoms with van der Waals surface area (Å²) in [5, 5.41) is 3.58. The Labute approximate surface area is 126 Å². The number of rotatable bonds is 6. The average molecular weight is 297 g/mol. The van der Waals surface area contributed by atoms with Crippen LogP contribution in [0.5, 0.6) is 0 Å². The van der Waals surface area contributed by atoms with Gasteiger partial charge in [0.1, 0.15) is 5.82 Å². The summed E-state index contributed by atoms with van der Waals surface area (Å²) in [6.45, 7) is 6.88. The van der Waals surface area contributed by atoms with Crippen molar-refractivity contribution in [2.75, 3.05) is 39.0 Å². The highest BCUT2D eigenvalue weighted by molar-refractivity contribution is 7.80. The van der Waals surface area contributed by atoms with Gasteiger partial charge in [-0.3, -0.25) is 0 Å². The minimum atomic E-state index is -0.285. The highest BCUT2D eigenvalue weighted by Crippen LogP contribution is 2.13. The van der Waals surface area contributed by atoms with Gasteiger partial charge in [-0.1, -0.05) is 26.0 Å². The maximum Gasteiger partial charge on any atom is 0.173 e. The summed E-state index contributed by atoms with van der Waals surface area (Å²) >= 11 is 5.42. The zero-order valence-corrected chi connectivity index (χ0v) is 13.5. The van der Waals surface area contributed by atoms with Gasteiger partial charge in [-0.2, -0.15) is 0 Å². The Hall–Kier alpha value is -1.20. The Bertz CT molecular complexity index is 435. The van der Waals surface area contributed by atoms with E-state index in [0.29, 0.717) is 16.7 Å². The highest BCUT2D eigenvalue weighted by atomic mass is 32.1. The first kappa shape index (κ1) is 16.9. The molecular formula is C15H24FN3S. The van der Waals surface area contributed by atoms with E-state index in [-0.39, 0.29) is 5.82 Å². The number of hydrogen-bond acceptors (Lipinski definition) is 2. The molecule has 1 rings (SSSR count). The summed E-state index contributed by atoms with van der Waals surface area (Å²) in [5.41, 5.74) is 0.427. The molecule has 0 aliphatic rings. The number of thiocarbonyl (C=S) groups is 1. The fourth-order valence-electron chi connectivity index (χ4n) is 1.79. The van der Waals surface area contributed by atoms with E-state index in [1.165, 1.54) is 6.07 Å². The van der Waals surface area contributed by atoms with Crippen molar-refractivity contribution in [3.63, 3.8) is 0 Å². The molecule has 0 saturated carbocycles. The monoisotopic (exact) mass is 297 g/mol. The van der Waals surface area contributed by atoms with Gasteiger partial charge in [-0.25, -0.2) is 4.39 Å². The van der Waals surface area contributed by atoms with Crippen LogP contribution in [0.25, 0.3) is 0 Å². The summed E-state index contributed by atoms with van der Waals surface area (Å²) in [4.78, 5) is 4.20. The second-order valence-electron chi connectivity index (χ2n) is 5.55. The molecule has 1 N–H and O–H groups in total. The zero-order chi connectivity index (χ0) is 15.1. The van der Waals surface area contributed by atoms with Gasteiger partial charge in [0, 0.05) is 19.6 Å². The number of halogens is 1. The summed E-state index contributed by atoms with van der Waals surface area (Å²) in [6, 6.07) is 6.58. The van der Waals surface area contributed by atoms with Crippen LogP contribution in [0, 0.1) is 11.7 Å². The smallest absolute Gasteiger partial charge is 0.173 e. The van der Waals surface area contributed by atoms with Gasteiger partial charge in [0.2, 0.25) is 0 Å². The zero-order valence-electron chi connectivity index (χ0n) is 12.7. The molecular weight excluding hydrogens is 273 g/mol. The van der Waals surface area contributed by atoms with Crippen LogP contribution in [-0.4, -0.2) is 48.6 Å². The Morgan fingerprint density at radius 3 is 2.45 bits per heavy atom. The van der Waals surface area contributed by atoms with Crippen molar-refractivity contribution in [3.8, 4) is 0 Å². The lowest BCUT2D eigenvalue weighted by molar-refractivity contribution is 0.310. The molecule has 20 heavy (non-hydrogen) atoms. The maximum absolute atomic E-state index is 13.6. The first-order valence-corrected chi connectivity index (χ1v) is 7.26. The van der Waals surface area contributed by atoms with Crippen LogP contribution in [0.3, 0.4) is 0 Å². The van der Waals surface area contributed by atoms with Gasteiger partial charge in [0.05, 0.1) is 5.69 Å². The Balaban J connectivity index is 2.69. The van der Waals surface area contributed by atoms with Crippen LogP contribution in [0.2, 0.25) is 0 Å². The first-order chi connectivity index (χ1) is 9.40. The number of likely N-dealkylation sites (N-methyl/N-ethyl adjacent to an activating group) is 1. The first-order valence-electron chi connectivity index (χ1n) is 6.85. The van der Waals surface area contributed by atoms with E-state index in [9.17, 15) is 4.39 Å². The third-order valence-corrected chi connectivity index (χ3v) is 3.17. The standard InChI is InChI=1S/C15H24FN3S/c1-12(2)11-19(10-9-18(3)4)15(20)17-14-8-6-5-7-13(14)16/h5-8,12H,9-11H2,1-4H3,(H,17,20). The van der Waals surface area contributed by atoms with Crippen molar-refractivity contribution in [3.05, 3.63) is 30.1 Å². The van der Waals surface area contributed by atoms with Crippen LogP contribution in [0.15, 0.2) is 24.3 Å². The highest BCUT2D eigenvalue weighted by Gasteiger charge is 2.13. The van der Waals surface area contributed by atoms with Gasteiger partial charge in [-0.05, 0) is 44.4 Å². The van der Waals surface area contributed by atoms with Crippen LogP contribution >= 0.6 is 12.2 Å². The average Bonchev–Trinajstić information content (AvgIpc) is 2.36. The lowest BCUT2D eigenvalue weighted by Crippen LogP contribution is -2.41. The fraction of sp³-hybridized carbons (Fsp3) is 0.533. The normalized spacial score (nSPS) is 10.9. The fourth-order valence-corrected chi connectivity index (χ4v) is 2.07. The molecule has 0 aliphatic carbocycles. The predicted octanol–water partition coefficient (Wildman–Crippen LogP) is 3.04. The molecule has 0 aliphatic heterocycles. The number of nitrogens with zero attached hydrogens (tertiary/aromatic N) is 2. The van der Waals surface area contributed by atoms with Crippen LogP contribution in [0.1, 0.15) is 13.8 Å². The van der Waals surface area contributed by atoms with Gasteiger partial charge in [0.25, 0.3) is 0 Å². The molecule has 0 radical (unpaired) electrons. The molecule has 5 heteroatoms. The second kappa shape index (κ2) is 8.17. The van der Waals surface area contributed by atoms with Crippen molar-refractivity contribution >= 4 is 23.0 Å². The molecule has 1 aromatic rings. The number of para-hydroxylation sites is 1. The molecule has 0 heterocycles. The van der Waals surface area contributed by atoms with Crippen molar-refractivity contribution in [2.45, 2.75) is 13.8 Å². The summed E-state index contributed by atoms with van der Waals surface area (Å²) in [5.74, 6) is 0.212. The summed E-state index contributed by atoms with van der Waals surface area (Å²) < 4.78 is 13.6. The topological polar surface area (TPSA) is 18.5 Å². The molecule has 0 atom stereocenters. The van der Waals surface area contributed by atoms with Crippen molar-refractivity contribution < 1.29 is 4.39 Å². The predicted molar refractivity (Wildman–Crippen MR) is 87.6 cm³/mol. The molecule has 3 nitrogen and oxygen atoms in total. The minimum absolute atomic E-state index is 0.285. The van der Waals surface area contributed by atoms with E-state index in [1.54, 1.807) is 18.2 Å². The Kier molecular flexibility index (Phi) is 6.88. The number of anilines is 1. The van der Waals surface area contributed by atoms with E-state index in [0.717, 1.165) is 19.6 Å². The Morgan fingerprint density at radius 1 is 1.25 bits per heavy atom. The lowest BCUT2D eigenvalue weighted by Gasteiger charge is -2.28. The maximum atomic E-state index is 13.6. The van der Waals surface area contributed by atoms with E-state index in [4.69, 9.17) is 12.2 Å². The Morgan fingerprint density at radius 2 is 1.90 bits per heavy atom. The molecule has 0 saturated heterocycles. The number of hydrogen-bond donors (Lipinski definition) is 1. The van der Waals surface area contributed by atoms with E-state index in [1.807, 2.05) is 14.1 Å². The molecule has 0 spiro atoms. The van der Waals surface area contributed by atoms with E-state index < -0.39 is 0 Å². The van der Waals surface area contributed by atoms with Gasteiger partial charge in [-0.15, -0.1) is 0 Å². The van der Waals surface area contributed by atoms with Crippen molar-refractivity contribution in [2.24, 2.45) is 5.92 Å². The van der Waals surface area contributed by atoms with Crippen molar-refractivity contribution in [1.29, 1.82) is 0 Å². The van der Waals surface area contributed by atoms with Crippen LogP contribution < -0.4 is 5.32 Å². The largest absolute Gasteiger partial charge is 0.347 e. The molecule has 0 aromatic heterocycles. The van der Waals surface area contributed by atoms with E-state index in [2.05, 4.69) is 29.0 Å². The summed E-state index contributed by atoms with van der Waals surface area (Å²) in [6.07, 6.45) is 0. The quantitative estimate of drug-likeness (QED) is 0.813. The third kappa shape index (κ3) is 5.84. The second-order valence-corrected chi connectivity index (χ2v) is 5.94. The van der Waals surface area contributed by atoms with Gasteiger partial charge < -0.3 is 15.1 Å². The molecule has 1 aromatic carbocycles. The third-order valence-electron chi connectivity index (χ3n) is 2.81. The molecule has 0 fully saturated rings. The van der Waals surface area contributed by atoms with Crippen LogP contribution in [0.4, 0.5) is 10.1 Å².